The molecule has 0 radical (unpaired) electrons. The average Bonchev–Trinajstić information content (AvgIpc) is 2.89. The lowest BCUT2D eigenvalue weighted by molar-refractivity contribution is 0.718. The highest BCUT2D eigenvalue weighted by Crippen LogP contribution is 2.40. The van der Waals surface area contributed by atoms with Crippen LogP contribution in [0.1, 0.15) is 30.0 Å². The molecule has 0 aliphatic carbocycles. The molecule has 0 saturated carbocycles. The van der Waals surface area contributed by atoms with E-state index in [1.165, 1.54) is 29.7 Å². The summed E-state index contributed by atoms with van der Waals surface area (Å²) in [5.74, 6) is 0. The van der Waals surface area contributed by atoms with E-state index in [9.17, 15) is 0 Å². The number of aryl methyl sites for hydroxylation is 1. The molecule has 2 nitrogen and oxygen atoms in total. The van der Waals surface area contributed by atoms with Gasteiger partial charge in [0.05, 0.1) is 17.4 Å². The fourth-order valence-corrected chi connectivity index (χ4v) is 3.13. The van der Waals surface area contributed by atoms with Crippen LogP contribution in [0.4, 0.5) is 11.4 Å². The Morgan fingerprint density at radius 3 is 2.58 bits per heavy atom. The maximum absolute atomic E-state index is 6.20. The van der Waals surface area contributed by atoms with Crippen molar-refractivity contribution in [2.75, 3.05) is 17.2 Å². The molecule has 1 saturated heterocycles. The Labute approximate surface area is 114 Å². The van der Waals surface area contributed by atoms with Crippen LogP contribution in [-0.4, -0.2) is 6.54 Å². The minimum absolute atomic E-state index is 0.463. The number of anilines is 2. The van der Waals surface area contributed by atoms with E-state index >= 15 is 0 Å². The Bertz CT molecular complexity index is 542. The van der Waals surface area contributed by atoms with Crippen molar-refractivity contribution in [2.45, 2.75) is 25.8 Å². The zero-order chi connectivity index (χ0) is 13.2. The van der Waals surface area contributed by atoms with Crippen molar-refractivity contribution in [2.24, 2.45) is 0 Å². The number of hydrogen-bond acceptors (Lipinski definition) is 2. The number of hydrogen-bond donors (Lipinski definition) is 1. The molecule has 19 heavy (non-hydrogen) atoms. The standard InChI is InChI=1S/C17H20N2/c1-13-7-5-10-15(18)17(13)19-12-6-11-16(19)14-8-3-2-4-9-14/h2-5,7-10,16H,6,11-12,18H2,1H3. The van der Waals surface area contributed by atoms with Crippen molar-refractivity contribution in [3.8, 4) is 0 Å². The van der Waals surface area contributed by atoms with Crippen LogP contribution in [0.15, 0.2) is 48.5 Å². The zero-order valence-corrected chi connectivity index (χ0v) is 11.3. The van der Waals surface area contributed by atoms with Crippen molar-refractivity contribution in [3.05, 3.63) is 59.7 Å². The molecule has 1 unspecified atom stereocenters. The normalized spacial score (nSPS) is 18.8. The summed E-state index contributed by atoms with van der Waals surface area (Å²) in [5.41, 5.74) is 11.0. The number of benzene rings is 2. The van der Waals surface area contributed by atoms with Gasteiger partial charge in [0, 0.05) is 6.54 Å². The van der Waals surface area contributed by atoms with E-state index in [1.54, 1.807) is 0 Å². The van der Waals surface area contributed by atoms with Crippen molar-refractivity contribution in [3.63, 3.8) is 0 Å². The van der Waals surface area contributed by atoms with Crippen molar-refractivity contribution in [1.29, 1.82) is 0 Å². The molecule has 0 spiro atoms. The molecule has 0 bridgehead atoms. The van der Waals surface area contributed by atoms with Crippen molar-refractivity contribution in [1.82, 2.24) is 0 Å². The Morgan fingerprint density at radius 2 is 1.84 bits per heavy atom. The maximum atomic E-state index is 6.20. The molecule has 0 aromatic heterocycles. The van der Waals surface area contributed by atoms with Gasteiger partial charge in [0.15, 0.2) is 0 Å². The predicted molar refractivity (Wildman–Crippen MR) is 81.4 cm³/mol. The Hall–Kier alpha value is -1.96. The van der Waals surface area contributed by atoms with Gasteiger partial charge in [-0.1, -0.05) is 42.5 Å². The first-order valence-corrected chi connectivity index (χ1v) is 6.94. The lowest BCUT2D eigenvalue weighted by Crippen LogP contribution is -2.24. The molecule has 1 fully saturated rings. The number of nitrogens with zero attached hydrogens (tertiary/aromatic N) is 1. The van der Waals surface area contributed by atoms with E-state index in [0.717, 1.165) is 12.2 Å². The van der Waals surface area contributed by atoms with Gasteiger partial charge in [-0.25, -0.2) is 0 Å². The second kappa shape index (κ2) is 4.96. The van der Waals surface area contributed by atoms with E-state index < -0.39 is 0 Å². The second-order valence-electron chi connectivity index (χ2n) is 5.27. The third kappa shape index (κ3) is 2.19. The van der Waals surface area contributed by atoms with Gasteiger partial charge in [0.2, 0.25) is 0 Å². The lowest BCUT2D eigenvalue weighted by Gasteiger charge is -2.29. The van der Waals surface area contributed by atoms with Crippen LogP contribution in [0, 0.1) is 6.92 Å². The first-order valence-electron chi connectivity index (χ1n) is 6.94. The fourth-order valence-electron chi connectivity index (χ4n) is 3.13. The van der Waals surface area contributed by atoms with Crippen LogP contribution in [0.3, 0.4) is 0 Å². The molecule has 1 heterocycles. The third-order valence-electron chi connectivity index (χ3n) is 3.99. The van der Waals surface area contributed by atoms with E-state index in [-0.39, 0.29) is 0 Å². The Balaban J connectivity index is 2.00. The number of nitrogens with two attached hydrogens (primary N) is 1. The van der Waals surface area contributed by atoms with Gasteiger partial charge in [-0.2, -0.15) is 0 Å². The molecule has 2 N–H and O–H groups in total. The maximum Gasteiger partial charge on any atom is 0.0634 e. The summed E-state index contributed by atoms with van der Waals surface area (Å²) in [4.78, 5) is 2.47. The predicted octanol–water partition coefficient (Wildman–Crippen LogP) is 3.92. The number of nitrogen functional groups attached to an aromatic ring is 1. The molecular weight excluding hydrogens is 232 g/mol. The van der Waals surface area contributed by atoms with Crippen molar-refractivity contribution < 1.29 is 0 Å². The van der Waals surface area contributed by atoms with Crippen LogP contribution in [0.25, 0.3) is 0 Å². The van der Waals surface area contributed by atoms with Gasteiger partial charge in [-0.15, -0.1) is 0 Å². The van der Waals surface area contributed by atoms with Crippen LogP contribution in [0.5, 0.6) is 0 Å². The van der Waals surface area contributed by atoms with Crippen LogP contribution < -0.4 is 10.6 Å². The summed E-state index contributed by atoms with van der Waals surface area (Å²) in [6.07, 6.45) is 2.44. The van der Waals surface area contributed by atoms with Gasteiger partial charge in [-0.05, 0) is 37.0 Å². The summed E-state index contributed by atoms with van der Waals surface area (Å²) >= 11 is 0. The molecule has 1 aliphatic heterocycles. The molecular formula is C17H20N2. The molecule has 98 valence electrons. The van der Waals surface area contributed by atoms with Crippen LogP contribution >= 0.6 is 0 Å². The van der Waals surface area contributed by atoms with Gasteiger partial charge >= 0.3 is 0 Å². The largest absolute Gasteiger partial charge is 0.397 e. The van der Waals surface area contributed by atoms with Gasteiger partial charge in [0.25, 0.3) is 0 Å². The first-order chi connectivity index (χ1) is 9.27. The quantitative estimate of drug-likeness (QED) is 0.821. The molecule has 2 aromatic rings. The van der Waals surface area contributed by atoms with E-state index in [1.807, 2.05) is 12.1 Å². The summed E-state index contributed by atoms with van der Waals surface area (Å²) < 4.78 is 0. The van der Waals surface area contributed by atoms with Gasteiger partial charge in [0.1, 0.15) is 0 Å². The highest BCUT2D eigenvalue weighted by molar-refractivity contribution is 5.72. The van der Waals surface area contributed by atoms with Crippen molar-refractivity contribution >= 4 is 11.4 Å². The highest BCUT2D eigenvalue weighted by atomic mass is 15.2. The van der Waals surface area contributed by atoms with E-state index in [2.05, 4.69) is 48.2 Å². The molecule has 2 aromatic carbocycles. The topological polar surface area (TPSA) is 29.3 Å². The Morgan fingerprint density at radius 1 is 1.05 bits per heavy atom. The lowest BCUT2D eigenvalue weighted by atomic mass is 10.0. The van der Waals surface area contributed by atoms with Crippen LogP contribution in [0.2, 0.25) is 0 Å². The van der Waals surface area contributed by atoms with E-state index in [0.29, 0.717) is 6.04 Å². The molecule has 1 atom stereocenters. The molecule has 1 aliphatic rings. The summed E-state index contributed by atoms with van der Waals surface area (Å²) in [5, 5.41) is 0. The number of para-hydroxylation sites is 1. The zero-order valence-electron chi connectivity index (χ0n) is 11.3. The summed E-state index contributed by atoms with van der Waals surface area (Å²) in [6, 6.07) is 17.4. The van der Waals surface area contributed by atoms with Gasteiger partial charge in [-0.3, -0.25) is 0 Å². The van der Waals surface area contributed by atoms with Crippen LogP contribution in [-0.2, 0) is 0 Å². The average molecular weight is 252 g/mol. The smallest absolute Gasteiger partial charge is 0.0634 e. The molecule has 3 rings (SSSR count). The van der Waals surface area contributed by atoms with Gasteiger partial charge < -0.3 is 10.6 Å². The minimum atomic E-state index is 0.463. The summed E-state index contributed by atoms with van der Waals surface area (Å²) in [6.45, 7) is 3.24. The highest BCUT2D eigenvalue weighted by Gasteiger charge is 2.28. The Kier molecular flexibility index (Phi) is 3.16. The summed E-state index contributed by atoms with van der Waals surface area (Å²) in [7, 11) is 0. The second-order valence-corrected chi connectivity index (χ2v) is 5.27. The SMILES string of the molecule is Cc1cccc(N)c1N1CCCC1c1ccccc1. The fraction of sp³-hybridized carbons (Fsp3) is 0.294. The third-order valence-corrected chi connectivity index (χ3v) is 3.99. The minimum Gasteiger partial charge on any atom is -0.397 e. The number of rotatable bonds is 2. The molecule has 0 amide bonds. The monoisotopic (exact) mass is 252 g/mol. The first kappa shape index (κ1) is 12.1. The van der Waals surface area contributed by atoms with E-state index in [4.69, 9.17) is 5.73 Å². The molecule has 2 heteroatoms.